The molecule has 1 N–H and O–H groups in total. The molecule has 0 atom stereocenters. The van der Waals surface area contributed by atoms with Crippen LogP contribution in [0.15, 0.2) is 27.6 Å². The summed E-state index contributed by atoms with van der Waals surface area (Å²) in [5, 5.41) is 12.9. The molecule has 0 unspecified atom stereocenters. The van der Waals surface area contributed by atoms with Gasteiger partial charge in [0.15, 0.2) is 9.84 Å². The molecule has 0 spiro atoms. The molecule has 2 aromatic rings. The SMILES string of the molecule is CS(=O)(=O)c1ccc(-c2noc(COC3CCN(C(=O)O)CC3)n2)cc1Cl. The van der Waals surface area contributed by atoms with Crippen molar-refractivity contribution in [1.29, 1.82) is 0 Å². The smallest absolute Gasteiger partial charge is 0.407 e. The molecular weight excluding hydrogens is 398 g/mol. The van der Waals surface area contributed by atoms with E-state index in [4.69, 9.17) is 26.0 Å². The zero-order chi connectivity index (χ0) is 19.6. The molecule has 0 bridgehead atoms. The summed E-state index contributed by atoms with van der Waals surface area (Å²) in [5.41, 5.74) is 0.525. The average Bonchev–Trinajstić information content (AvgIpc) is 3.08. The van der Waals surface area contributed by atoms with E-state index in [-0.39, 0.29) is 34.3 Å². The van der Waals surface area contributed by atoms with E-state index in [1.165, 1.54) is 17.0 Å². The van der Waals surface area contributed by atoms with Crippen molar-refractivity contribution in [3.63, 3.8) is 0 Å². The number of sulfone groups is 1. The van der Waals surface area contributed by atoms with Gasteiger partial charge in [-0.1, -0.05) is 16.8 Å². The lowest BCUT2D eigenvalue weighted by Crippen LogP contribution is -2.40. The van der Waals surface area contributed by atoms with Crippen LogP contribution in [0, 0.1) is 0 Å². The van der Waals surface area contributed by atoms with Crippen LogP contribution in [0.1, 0.15) is 18.7 Å². The molecule has 11 heteroatoms. The molecule has 1 amide bonds. The number of nitrogens with zero attached hydrogens (tertiary/aromatic N) is 3. The van der Waals surface area contributed by atoms with Crippen molar-refractivity contribution in [3.8, 4) is 11.4 Å². The van der Waals surface area contributed by atoms with E-state index in [2.05, 4.69) is 10.1 Å². The summed E-state index contributed by atoms with van der Waals surface area (Å²) in [4.78, 5) is 16.5. The van der Waals surface area contributed by atoms with Crippen molar-refractivity contribution < 1.29 is 27.6 Å². The lowest BCUT2D eigenvalue weighted by Gasteiger charge is -2.29. The minimum atomic E-state index is -3.41. The molecule has 3 rings (SSSR count). The number of rotatable bonds is 5. The van der Waals surface area contributed by atoms with Gasteiger partial charge in [-0.25, -0.2) is 13.2 Å². The van der Waals surface area contributed by atoms with Gasteiger partial charge in [-0.05, 0) is 31.0 Å². The minimum absolute atomic E-state index is 0.0349. The van der Waals surface area contributed by atoms with Gasteiger partial charge in [-0.3, -0.25) is 0 Å². The largest absolute Gasteiger partial charge is 0.465 e. The first kappa shape index (κ1) is 19.6. The second-order valence-corrected chi connectivity index (χ2v) is 8.60. The molecule has 27 heavy (non-hydrogen) atoms. The van der Waals surface area contributed by atoms with Crippen LogP contribution in [0.5, 0.6) is 0 Å². The predicted octanol–water partition coefficient (Wildman–Crippen LogP) is 2.45. The Morgan fingerprint density at radius 3 is 2.70 bits per heavy atom. The Morgan fingerprint density at radius 2 is 2.11 bits per heavy atom. The third-order valence-electron chi connectivity index (χ3n) is 4.21. The summed E-state index contributed by atoms with van der Waals surface area (Å²) in [6.45, 7) is 0.973. The molecule has 146 valence electrons. The number of amides is 1. The molecule has 1 aliphatic rings. The molecule has 1 aromatic heterocycles. The number of halogens is 1. The van der Waals surface area contributed by atoms with Gasteiger partial charge in [0.2, 0.25) is 5.82 Å². The highest BCUT2D eigenvalue weighted by molar-refractivity contribution is 7.90. The van der Waals surface area contributed by atoms with Crippen LogP contribution in [-0.4, -0.2) is 60.1 Å². The Bertz CT molecular complexity index is 937. The number of carboxylic acid groups (broad SMARTS) is 1. The van der Waals surface area contributed by atoms with E-state index in [1.54, 1.807) is 6.07 Å². The Balaban J connectivity index is 1.61. The zero-order valence-electron chi connectivity index (χ0n) is 14.5. The molecule has 2 heterocycles. The van der Waals surface area contributed by atoms with Gasteiger partial charge in [0.1, 0.15) is 6.61 Å². The first-order valence-corrected chi connectivity index (χ1v) is 10.4. The molecule has 0 radical (unpaired) electrons. The van der Waals surface area contributed by atoms with Gasteiger partial charge in [0.25, 0.3) is 5.89 Å². The lowest BCUT2D eigenvalue weighted by molar-refractivity contribution is -0.00953. The highest BCUT2D eigenvalue weighted by atomic mass is 35.5. The molecule has 0 aliphatic carbocycles. The average molecular weight is 416 g/mol. The molecule has 1 aliphatic heterocycles. The van der Waals surface area contributed by atoms with Gasteiger partial charge < -0.3 is 19.3 Å². The van der Waals surface area contributed by atoms with E-state index in [0.717, 1.165) is 6.26 Å². The van der Waals surface area contributed by atoms with Gasteiger partial charge in [-0.2, -0.15) is 4.98 Å². The van der Waals surface area contributed by atoms with Crippen molar-refractivity contribution in [3.05, 3.63) is 29.1 Å². The fourth-order valence-electron chi connectivity index (χ4n) is 2.77. The summed E-state index contributed by atoms with van der Waals surface area (Å²) in [5.74, 6) is 0.547. The van der Waals surface area contributed by atoms with Crippen molar-refractivity contribution in [1.82, 2.24) is 15.0 Å². The maximum Gasteiger partial charge on any atom is 0.407 e. The fourth-order valence-corrected chi connectivity index (χ4v) is 4.10. The predicted molar refractivity (Wildman–Crippen MR) is 95.3 cm³/mol. The molecule has 1 aromatic carbocycles. The number of benzene rings is 1. The van der Waals surface area contributed by atoms with E-state index < -0.39 is 15.9 Å². The third-order valence-corrected chi connectivity index (χ3v) is 5.79. The van der Waals surface area contributed by atoms with E-state index in [1.807, 2.05) is 0 Å². The van der Waals surface area contributed by atoms with E-state index >= 15 is 0 Å². The van der Waals surface area contributed by atoms with Crippen LogP contribution in [0.3, 0.4) is 0 Å². The number of likely N-dealkylation sites (tertiary alicyclic amines) is 1. The number of hydrogen-bond acceptors (Lipinski definition) is 7. The Morgan fingerprint density at radius 1 is 1.41 bits per heavy atom. The number of aromatic nitrogens is 2. The van der Waals surface area contributed by atoms with Gasteiger partial charge in [0, 0.05) is 24.9 Å². The van der Waals surface area contributed by atoms with E-state index in [9.17, 15) is 13.2 Å². The monoisotopic (exact) mass is 415 g/mol. The molecule has 9 nitrogen and oxygen atoms in total. The maximum absolute atomic E-state index is 11.6. The highest BCUT2D eigenvalue weighted by Crippen LogP contribution is 2.27. The summed E-state index contributed by atoms with van der Waals surface area (Å²) in [7, 11) is -3.41. The van der Waals surface area contributed by atoms with E-state index in [0.29, 0.717) is 31.5 Å². The number of ether oxygens (including phenoxy) is 1. The zero-order valence-corrected chi connectivity index (χ0v) is 16.0. The van der Waals surface area contributed by atoms with Crippen LogP contribution < -0.4 is 0 Å². The second kappa shape index (κ2) is 7.83. The van der Waals surface area contributed by atoms with Crippen LogP contribution in [0.25, 0.3) is 11.4 Å². The third kappa shape index (κ3) is 4.76. The first-order valence-electron chi connectivity index (χ1n) is 8.16. The number of piperidine rings is 1. The number of hydrogen-bond donors (Lipinski definition) is 1. The summed E-state index contributed by atoms with van der Waals surface area (Å²) in [6, 6.07) is 4.42. The van der Waals surface area contributed by atoms with Crippen molar-refractivity contribution in [2.24, 2.45) is 0 Å². The topological polar surface area (TPSA) is 123 Å². The molecule has 1 fully saturated rings. The quantitative estimate of drug-likeness (QED) is 0.789. The minimum Gasteiger partial charge on any atom is -0.465 e. The summed E-state index contributed by atoms with van der Waals surface area (Å²) < 4.78 is 34.1. The van der Waals surface area contributed by atoms with Gasteiger partial charge in [-0.15, -0.1) is 0 Å². The Kier molecular flexibility index (Phi) is 5.68. The highest BCUT2D eigenvalue weighted by Gasteiger charge is 2.23. The lowest BCUT2D eigenvalue weighted by atomic mass is 10.1. The maximum atomic E-state index is 11.6. The van der Waals surface area contributed by atoms with Gasteiger partial charge in [0.05, 0.1) is 16.0 Å². The fraction of sp³-hybridized carbons (Fsp3) is 0.438. The second-order valence-electron chi connectivity index (χ2n) is 6.21. The Hall–Kier alpha value is -2.17. The molecule has 1 saturated heterocycles. The molecular formula is C16H18ClN3O6S. The first-order chi connectivity index (χ1) is 12.7. The summed E-state index contributed by atoms with van der Waals surface area (Å²) >= 11 is 6.03. The van der Waals surface area contributed by atoms with Crippen molar-refractivity contribution in [2.45, 2.75) is 30.4 Å². The standard InChI is InChI=1S/C16H18ClN3O6S/c1-27(23,24)13-3-2-10(8-12(13)17)15-18-14(26-19-15)9-25-11-4-6-20(7-5-11)16(21)22/h2-3,8,11H,4-7,9H2,1H3,(H,21,22). The number of carbonyl (C=O) groups is 1. The summed E-state index contributed by atoms with van der Waals surface area (Å²) in [6.07, 6.45) is 1.31. The van der Waals surface area contributed by atoms with Gasteiger partial charge >= 0.3 is 6.09 Å². The van der Waals surface area contributed by atoms with Crippen molar-refractivity contribution in [2.75, 3.05) is 19.3 Å². The van der Waals surface area contributed by atoms with Crippen LogP contribution in [-0.2, 0) is 21.2 Å². The molecule has 0 saturated carbocycles. The van der Waals surface area contributed by atoms with Crippen LogP contribution in [0.2, 0.25) is 5.02 Å². The Labute approximate surface area is 160 Å². The van der Waals surface area contributed by atoms with Crippen molar-refractivity contribution >= 4 is 27.5 Å². The van der Waals surface area contributed by atoms with Crippen LogP contribution in [0.4, 0.5) is 4.79 Å². The van der Waals surface area contributed by atoms with Crippen LogP contribution >= 0.6 is 11.6 Å². The normalized spacial score (nSPS) is 15.9.